The molecule has 2 N–H and O–H groups in total. The molecule has 1 aliphatic heterocycles. The molecule has 20 heavy (non-hydrogen) atoms. The SMILES string of the molecule is CC1CN(C)CCN1Cc1cc(F)cc(C#CCN)c1. The van der Waals surface area contributed by atoms with Gasteiger partial charge in [0.1, 0.15) is 5.82 Å². The number of hydrogen-bond donors (Lipinski definition) is 1. The van der Waals surface area contributed by atoms with Crippen LogP contribution in [-0.2, 0) is 6.54 Å². The largest absolute Gasteiger partial charge is 0.320 e. The lowest BCUT2D eigenvalue weighted by Crippen LogP contribution is -2.49. The highest BCUT2D eigenvalue weighted by molar-refractivity contribution is 5.38. The summed E-state index contributed by atoms with van der Waals surface area (Å²) in [6.07, 6.45) is 0. The number of likely N-dealkylation sites (N-methyl/N-ethyl adjacent to an activating group) is 1. The van der Waals surface area contributed by atoms with Crippen molar-refractivity contribution in [3.8, 4) is 11.8 Å². The van der Waals surface area contributed by atoms with E-state index in [1.807, 2.05) is 6.07 Å². The summed E-state index contributed by atoms with van der Waals surface area (Å²) in [6, 6.07) is 5.49. The summed E-state index contributed by atoms with van der Waals surface area (Å²) < 4.78 is 13.6. The Labute approximate surface area is 120 Å². The maximum Gasteiger partial charge on any atom is 0.124 e. The average molecular weight is 275 g/mol. The van der Waals surface area contributed by atoms with Gasteiger partial charge in [0.15, 0.2) is 0 Å². The van der Waals surface area contributed by atoms with E-state index in [0.717, 1.165) is 31.7 Å². The summed E-state index contributed by atoms with van der Waals surface area (Å²) in [6.45, 7) is 6.39. The number of rotatable bonds is 2. The van der Waals surface area contributed by atoms with Crippen molar-refractivity contribution in [1.82, 2.24) is 9.80 Å². The smallest absolute Gasteiger partial charge is 0.124 e. The van der Waals surface area contributed by atoms with Crippen LogP contribution in [0.3, 0.4) is 0 Å². The van der Waals surface area contributed by atoms with E-state index in [-0.39, 0.29) is 5.82 Å². The van der Waals surface area contributed by atoms with Crippen molar-refractivity contribution in [3.63, 3.8) is 0 Å². The van der Waals surface area contributed by atoms with Crippen LogP contribution in [0.25, 0.3) is 0 Å². The van der Waals surface area contributed by atoms with E-state index < -0.39 is 0 Å². The molecule has 1 atom stereocenters. The number of halogens is 1. The molecule has 3 nitrogen and oxygen atoms in total. The van der Waals surface area contributed by atoms with Gasteiger partial charge in [-0.2, -0.15) is 0 Å². The van der Waals surface area contributed by atoms with E-state index in [9.17, 15) is 4.39 Å². The van der Waals surface area contributed by atoms with Gasteiger partial charge < -0.3 is 10.6 Å². The van der Waals surface area contributed by atoms with Crippen LogP contribution in [0.5, 0.6) is 0 Å². The van der Waals surface area contributed by atoms with Crippen LogP contribution in [0.15, 0.2) is 18.2 Å². The van der Waals surface area contributed by atoms with Gasteiger partial charge in [-0.05, 0) is 37.7 Å². The standard InChI is InChI=1S/C16H22FN3/c1-13-11-19(2)6-7-20(13)12-15-8-14(4-3-5-18)9-16(17)10-15/h8-10,13H,5-7,11-12,18H2,1-2H3. The summed E-state index contributed by atoms with van der Waals surface area (Å²) in [5.41, 5.74) is 7.03. The van der Waals surface area contributed by atoms with Crippen LogP contribution < -0.4 is 5.73 Å². The van der Waals surface area contributed by atoms with E-state index in [2.05, 4.69) is 35.6 Å². The minimum absolute atomic E-state index is 0.231. The van der Waals surface area contributed by atoms with Crippen molar-refractivity contribution < 1.29 is 4.39 Å². The summed E-state index contributed by atoms with van der Waals surface area (Å²) >= 11 is 0. The lowest BCUT2D eigenvalue weighted by Gasteiger charge is -2.38. The van der Waals surface area contributed by atoms with Gasteiger partial charge in [-0.15, -0.1) is 0 Å². The third-order valence-corrected chi connectivity index (χ3v) is 3.65. The minimum atomic E-state index is -0.231. The van der Waals surface area contributed by atoms with Gasteiger partial charge in [-0.1, -0.05) is 11.8 Å². The van der Waals surface area contributed by atoms with Crippen LogP contribution in [0.1, 0.15) is 18.1 Å². The summed E-state index contributed by atoms with van der Waals surface area (Å²) in [5, 5.41) is 0. The molecule has 108 valence electrons. The van der Waals surface area contributed by atoms with Gasteiger partial charge in [-0.3, -0.25) is 4.90 Å². The summed E-state index contributed by atoms with van der Waals surface area (Å²) in [4.78, 5) is 4.71. The van der Waals surface area contributed by atoms with Gasteiger partial charge in [0.2, 0.25) is 0 Å². The minimum Gasteiger partial charge on any atom is -0.320 e. The first-order valence-electron chi connectivity index (χ1n) is 6.99. The monoisotopic (exact) mass is 275 g/mol. The van der Waals surface area contributed by atoms with Gasteiger partial charge >= 0.3 is 0 Å². The third-order valence-electron chi connectivity index (χ3n) is 3.65. The molecular weight excluding hydrogens is 253 g/mol. The summed E-state index contributed by atoms with van der Waals surface area (Å²) in [7, 11) is 2.14. The lowest BCUT2D eigenvalue weighted by molar-refractivity contribution is 0.0937. The van der Waals surface area contributed by atoms with Gasteiger partial charge in [0.25, 0.3) is 0 Å². The maximum atomic E-state index is 13.6. The predicted octanol–water partition coefficient (Wildman–Crippen LogP) is 1.27. The molecular formula is C16H22FN3. The number of hydrogen-bond acceptors (Lipinski definition) is 3. The van der Waals surface area contributed by atoms with Crippen LogP contribution in [-0.4, -0.2) is 49.1 Å². The molecule has 0 aromatic heterocycles. The maximum absolute atomic E-state index is 13.6. The Kier molecular flexibility index (Phi) is 5.13. The normalized spacial score (nSPS) is 20.5. The van der Waals surface area contributed by atoms with Crippen molar-refractivity contribution in [2.45, 2.75) is 19.5 Å². The van der Waals surface area contributed by atoms with Crippen LogP contribution in [0.4, 0.5) is 4.39 Å². The number of nitrogens with two attached hydrogens (primary N) is 1. The van der Waals surface area contributed by atoms with E-state index in [4.69, 9.17) is 5.73 Å². The zero-order chi connectivity index (χ0) is 14.5. The first-order chi connectivity index (χ1) is 9.58. The average Bonchev–Trinajstić information content (AvgIpc) is 2.39. The Hall–Kier alpha value is -1.41. The van der Waals surface area contributed by atoms with Crippen LogP contribution in [0, 0.1) is 17.7 Å². The second-order valence-electron chi connectivity index (χ2n) is 5.44. The van der Waals surface area contributed by atoms with Crippen LogP contribution in [0.2, 0.25) is 0 Å². The van der Waals surface area contributed by atoms with E-state index in [0.29, 0.717) is 18.2 Å². The van der Waals surface area contributed by atoms with E-state index in [1.54, 1.807) is 6.07 Å². The van der Waals surface area contributed by atoms with Gasteiger partial charge in [0.05, 0.1) is 6.54 Å². The lowest BCUT2D eigenvalue weighted by atomic mass is 10.1. The third kappa shape index (κ3) is 4.04. The number of piperazine rings is 1. The molecule has 2 rings (SSSR count). The highest BCUT2D eigenvalue weighted by atomic mass is 19.1. The zero-order valence-electron chi connectivity index (χ0n) is 12.2. The molecule has 1 heterocycles. The van der Waals surface area contributed by atoms with Crippen molar-refractivity contribution >= 4 is 0 Å². The van der Waals surface area contributed by atoms with Gasteiger partial charge in [0, 0.05) is 37.8 Å². The molecule has 1 saturated heterocycles. The zero-order valence-corrected chi connectivity index (χ0v) is 12.2. The molecule has 0 aliphatic carbocycles. The fraction of sp³-hybridized carbons (Fsp3) is 0.500. The summed E-state index contributed by atoms with van der Waals surface area (Å²) in [5.74, 6) is 5.44. The Balaban J connectivity index is 2.10. The van der Waals surface area contributed by atoms with E-state index in [1.165, 1.54) is 6.07 Å². The molecule has 0 bridgehead atoms. The molecule has 1 aliphatic rings. The van der Waals surface area contributed by atoms with Crippen LogP contribution >= 0.6 is 0 Å². The van der Waals surface area contributed by atoms with E-state index >= 15 is 0 Å². The second-order valence-corrected chi connectivity index (χ2v) is 5.44. The second kappa shape index (κ2) is 6.85. The van der Waals surface area contributed by atoms with Crippen molar-refractivity contribution in [1.29, 1.82) is 0 Å². The fourth-order valence-corrected chi connectivity index (χ4v) is 2.61. The van der Waals surface area contributed by atoms with Crippen molar-refractivity contribution in [3.05, 3.63) is 35.1 Å². The van der Waals surface area contributed by atoms with Gasteiger partial charge in [-0.25, -0.2) is 4.39 Å². The first-order valence-corrected chi connectivity index (χ1v) is 6.99. The number of nitrogens with zero attached hydrogens (tertiary/aromatic N) is 2. The highest BCUT2D eigenvalue weighted by Gasteiger charge is 2.21. The fourth-order valence-electron chi connectivity index (χ4n) is 2.61. The molecule has 1 fully saturated rings. The first kappa shape index (κ1) is 15.0. The topological polar surface area (TPSA) is 32.5 Å². The molecule has 0 amide bonds. The van der Waals surface area contributed by atoms with Crippen molar-refractivity contribution in [2.75, 3.05) is 33.2 Å². The quantitative estimate of drug-likeness (QED) is 0.825. The Morgan fingerprint density at radius 1 is 1.35 bits per heavy atom. The molecule has 1 aromatic carbocycles. The molecule has 4 heteroatoms. The Morgan fingerprint density at radius 3 is 2.85 bits per heavy atom. The van der Waals surface area contributed by atoms with Crippen molar-refractivity contribution in [2.24, 2.45) is 5.73 Å². The highest BCUT2D eigenvalue weighted by Crippen LogP contribution is 2.15. The Morgan fingerprint density at radius 2 is 2.15 bits per heavy atom. The molecule has 0 spiro atoms. The molecule has 0 radical (unpaired) electrons. The predicted molar refractivity (Wildman–Crippen MR) is 79.7 cm³/mol. The molecule has 1 unspecified atom stereocenters. The number of benzene rings is 1. The Bertz CT molecular complexity index is 518. The molecule has 0 saturated carbocycles. The molecule has 1 aromatic rings.